The van der Waals surface area contributed by atoms with Gasteiger partial charge in [-0.3, -0.25) is 14.4 Å². The molecule has 3 heterocycles. The third-order valence-corrected chi connectivity index (χ3v) is 10.6. The second-order valence-corrected chi connectivity index (χ2v) is 14.1. The molecule has 3 fully saturated rings. The Hall–Kier alpha value is -3.27. The Morgan fingerprint density at radius 1 is 1.07 bits per heavy atom. The molecule has 3 saturated heterocycles. The van der Waals surface area contributed by atoms with E-state index in [1.54, 1.807) is 26.9 Å². The number of carbonyl (C=O) groups excluding carboxylic acids is 3. The van der Waals surface area contributed by atoms with Gasteiger partial charge in [-0.05, 0) is 42.9 Å². The second-order valence-electron chi connectivity index (χ2n) is 12.9. The van der Waals surface area contributed by atoms with Gasteiger partial charge in [0.25, 0.3) is 5.91 Å². The minimum absolute atomic E-state index is 0.154. The van der Waals surface area contributed by atoms with E-state index < -0.39 is 35.6 Å². The standard InChI is InChI=1S/C36H44BrN3O5/c1-7-17-38(20-25-15-10-9-11-16-25)33(42)28-29-34(43)40(27(21-41)22(3)4)32(36(29)19-26(37)31(28)45-36)35(44)39(18-8-2)30-23(5)13-12-14-24(30)6/h7-16,22,26-29,31-32,41H,1-2,17-21H2,3-6H3/t26?,27-,28-,29-,31-,32?,36?/m0/s1. The molecule has 240 valence electrons. The molecule has 3 aliphatic heterocycles. The lowest BCUT2D eigenvalue weighted by Gasteiger charge is -2.41. The molecule has 3 aliphatic rings. The van der Waals surface area contributed by atoms with Crippen molar-refractivity contribution in [2.75, 3.05) is 24.6 Å². The van der Waals surface area contributed by atoms with E-state index >= 15 is 4.79 Å². The number of aryl methyl sites for hydroxylation is 2. The number of aliphatic hydroxyl groups excluding tert-OH is 1. The molecule has 3 unspecified atom stereocenters. The van der Waals surface area contributed by atoms with E-state index in [4.69, 9.17) is 4.74 Å². The van der Waals surface area contributed by atoms with E-state index in [9.17, 15) is 14.7 Å². The van der Waals surface area contributed by atoms with Crippen LogP contribution in [0.1, 0.15) is 37.0 Å². The van der Waals surface area contributed by atoms with Crippen molar-refractivity contribution in [2.45, 2.75) is 69.3 Å². The van der Waals surface area contributed by atoms with Gasteiger partial charge in [0.2, 0.25) is 11.8 Å². The van der Waals surface area contributed by atoms with Crippen molar-refractivity contribution in [1.82, 2.24) is 9.80 Å². The van der Waals surface area contributed by atoms with E-state index in [0.29, 0.717) is 19.5 Å². The Kier molecular flexibility index (Phi) is 9.73. The first-order valence-electron chi connectivity index (χ1n) is 15.7. The number of para-hydroxylation sites is 1. The topological polar surface area (TPSA) is 90.4 Å². The third-order valence-electron chi connectivity index (χ3n) is 9.72. The molecule has 2 aromatic carbocycles. The number of fused-ring (bicyclic) bond motifs is 1. The number of ether oxygens (including phenoxy) is 1. The van der Waals surface area contributed by atoms with Crippen molar-refractivity contribution < 1.29 is 24.2 Å². The number of amides is 3. The molecule has 45 heavy (non-hydrogen) atoms. The average Bonchev–Trinajstić information content (AvgIpc) is 3.60. The third kappa shape index (κ3) is 5.57. The molecule has 0 radical (unpaired) electrons. The molecular formula is C36H44BrN3O5. The van der Waals surface area contributed by atoms with Gasteiger partial charge in [-0.25, -0.2) is 0 Å². The Balaban J connectivity index is 1.62. The average molecular weight is 679 g/mol. The molecule has 0 saturated carbocycles. The zero-order valence-electron chi connectivity index (χ0n) is 26.6. The Morgan fingerprint density at radius 2 is 1.71 bits per heavy atom. The zero-order chi connectivity index (χ0) is 32.6. The van der Waals surface area contributed by atoms with Gasteiger partial charge in [-0.1, -0.05) is 90.5 Å². The number of likely N-dealkylation sites (tertiary alicyclic amines) is 1. The maximum atomic E-state index is 15.0. The summed E-state index contributed by atoms with van der Waals surface area (Å²) < 4.78 is 6.80. The Labute approximate surface area is 274 Å². The first-order valence-corrected chi connectivity index (χ1v) is 16.6. The second kappa shape index (κ2) is 13.2. The predicted octanol–water partition coefficient (Wildman–Crippen LogP) is 4.80. The van der Waals surface area contributed by atoms with Crippen LogP contribution in [0.15, 0.2) is 73.8 Å². The van der Waals surface area contributed by atoms with Crippen LogP contribution in [0.3, 0.4) is 0 Å². The SMILES string of the molecule is C=CCN(Cc1ccccc1)C(=O)[C@H]1[C@H]2C(=O)N([C@@H](CO)C(C)C)C(C(=O)N(CC=C)c3c(C)cccc3C)C23CC(Br)[C@@H]1O3. The molecule has 2 bridgehead atoms. The van der Waals surface area contributed by atoms with Crippen LogP contribution in [0, 0.1) is 31.6 Å². The highest BCUT2D eigenvalue weighted by atomic mass is 79.9. The molecule has 1 spiro atoms. The van der Waals surface area contributed by atoms with Crippen LogP contribution < -0.4 is 4.90 Å². The van der Waals surface area contributed by atoms with Crippen molar-refractivity contribution in [2.24, 2.45) is 17.8 Å². The van der Waals surface area contributed by atoms with Crippen LogP contribution in [-0.2, 0) is 25.7 Å². The maximum absolute atomic E-state index is 15.0. The van der Waals surface area contributed by atoms with Gasteiger partial charge >= 0.3 is 0 Å². The zero-order valence-corrected chi connectivity index (χ0v) is 28.2. The molecule has 2 aromatic rings. The molecule has 8 nitrogen and oxygen atoms in total. The van der Waals surface area contributed by atoms with E-state index in [2.05, 4.69) is 29.1 Å². The first-order chi connectivity index (χ1) is 21.5. The number of aliphatic hydroxyl groups is 1. The van der Waals surface area contributed by atoms with E-state index in [1.807, 2.05) is 76.2 Å². The van der Waals surface area contributed by atoms with Gasteiger partial charge in [0.1, 0.15) is 11.6 Å². The fourth-order valence-electron chi connectivity index (χ4n) is 7.81. The van der Waals surface area contributed by atoms with Gasteiger partial charge in [-0.2, -0.15) is 0 Å². The van der Waals surface area contributed by atoms with Crippen molar-refractivity contribution in [3.05, 3.63) is 90.5 Å². The number of hydrogen-bond donors (Lipinski definition) is 1. The summed E-state index contributed by atoms with van der Waals surface area (Å²) >= 11 is 3.79. The molecule has 0 aliphatic carbocycles. The highest BCUT2D eigenvalue weighted by molar-refractivity contribution is 9.09. The van der Waals surface area contributed by atoms with Gasteiger partial charge < -0.3 is 24.5 Å². The monoisotopic (exact) mass is 677 g/mol. The fraction of sp³-hybridized carbons (Fsp3) is 0.472. The number of anilines is 1. The predicted molar refractivity (Wildman–Crippen MR) is 179 cm³/mol. The summed E-state index contributed by atoms with van der Waals surface area (Å²) in [5.41, 5.74) is 2.31. The molecule has 1 N–H and O–H groups in total. The highest BCUT2D eigenvalue weighted by Crippen LogP contribution is 2.61. The first kappa shape index (κ1) is 33.1. The molecule has 0 aromatic heterocycles. The Bertz CT molecular complexity index is 1440. The largest absolute Gasteiger partial charge is 0.394 e. The van der Waals surface area contributed by atoms with E-state index in [-0.39, 0.29) is 41.6 Å². The van der Waals surface area contributed by atoms with Crippen molar-refractivity contribution in [1.29, 1.82) is 0 Å². The van der Waals surface area contributed by atoms with Crippen molar-refractivity contribution in [3.63, 3.8) is 0 Å². The quantitative estimate of drug-likeness (QED) is 0.258. The minimum Gasteiger partial charge on any atom is -0.394 e. The van der Waals surface area contributed by atoms with Gasteiger partial charge in [0, 0.05) is 30.1 Å². The normalized spacial score (nSPS) is 27.4. The van der Waals surface area contributed by atoms with Crippen LogP contribution in [-0.4, -0.2) is 80.9 Å². The molecule has 7 atom stereocenters. The molecule has 5 rings (SSSR count). The van der Waals surface area contributed by atoms with Crippen LogP contribution in [0.25, 0.3) is 0 Å². The van der Waals surface area contributed by atoms with Gasteiger partial charge in [-0.15, -0.1) is 13.2 Å². The summed E-state index contributed by atoms with van der Waals surface area (Å²) in [5.74, 6) is -2.66. The number of rotatable bonds is 12. The lowest BCUT2D eigenvalue weighted by Crippen LogP contribution is -2.60. The summed E-state index contributed by atoms with van der Waals surface area (Å²) in [6.07, 6.45) is 3.15. The highest BCUT2D eigenvalue weighted by Gasteiger charge is 2.77. The van der Waals surface area contributed by atoms with Gasteiger partial charge in [0.05, 0.1) is 30.6 Å². The fourth-order valence-corrected chi connectivity index (χ4v) is 8.75. The number of alkyl halides is 1. The van der Waals surface area contributed by atoms with E-state index in [0.717, 1.165) is 22.4 Å². The lowest BCUT2D eigenvalue weighted by atomic mass is 9.70. The van der Waals surface area contributed by atoms with Gasteiger partial charge in [0.15, 0.2) is 0 Å². The maximum Gasteiger partial charge on any atom is 0.253 e. The minimum atomic E-state index is -1.25. The van der Waals surface area contributed by atoms with Crippen molar-refractivity contribution >= 4 is 39.3 Å². The number of carbonyl (C=O) groups is 3. The molecule has 3 amide bonds. The van der Waals surface area contributed by atoms with Crippen LogP contribution in [0.5, 0.6) is 0 Å². The number of halogens is 1. The summed E-state index contributed by atoms with van der Waals surface area (Å²) in [6.45, 7) is 16.1. The number of benzene rings is 2. The summed E-state index contributed by atoms with van der Waals surface area (Å²) in [7, 11) is 0. The summed E-state index contributed by atoms with van der Waals surface area (Å²) in [4.78, 5) is 49.0. The molecular weight excluding hydrogens is 634 g/mol. The molecule has 9 heteroatoms. The number of hydrogen-bond acceptors (Lipinski definition) is 5. The summed E-state index contributed by atoms with van der Waals surface area (Å²) in [5, 5.41) is 10.6. The van der Waals surface area contributed by atoms with Crippen LogP contribution in [0.2, 0.25) is 0 Å². The number of nitrogens with zero attached hydrogens (tertiary/aromatic N) is 3. The van der Waals surface area contributed by atoms with E-state index in [1.165, 1.54) is 0 Å². The lowest BCUT2D eigenvalue weighted by molar-refractivity contribution is -0.148. The summed E-state index contributed by atoms with van der Waals surface area (Å²) in [6, 6.07) is 13.9. The van der Waals surface area contributed by atoms with Crippen molar-refractivity contribution in [3.8, 4) is 0 Å². The van der Waals surface area contributed by atoms with Crippen LogP contribution >= 0.6 is 15.9 Å². The Morgan fingerprint density at radius 3 is 2.29 bits per heavy atom. The van der Waals surface area contributed by atoms with Crippen LogP contribution in [0.4, 0.5) is 5.69 Å². The smallest absolute Gasteiger partial charge is 0.253 e.